The molecule has 44 heavy (non-hydrogen) atoms. The molecule has 0 radical (unpaired) electrons. The van der Waals surface area contributed by atoms with Crippen LogP contribution in [-0.2, 0) is 6.42 Å². The van der Waals surface area contributed by atoms with Crippen molar-refractivity contribution in [2.75, 3.05) is 5.32 Å². The number of rotatable bonds is 6. The van der Waals surface area contributed by atoms with Crippen molar-refractivity contribution in [1.29, 1.82) is 0 Å². The van der Waals surface area contributed by atoms with E-state index in [4.69, 9.17) is 40.2 Å². The molecule has 0 atom stereocenters. The first-order valence-electron chi connectivity index (χ1n) is 13.5. The molecular formula is C34H23Cl2N2O4PS. The Kier molecular flexibility index (Phi) is 8.39. The van der Waals surface area contributed by atoms with Crippen molar-refractivity contribution in [2.24, 2.45) is 0 Å². The van der Waals surface area contributed by atoms with E-state index in [1.165, 1.54) is 24.3 Å². The molecule has 1 aliphatic heterocycles. The van der Waals surface area contributed by atoms with Crippen LogP contribution in [0.2, 0.25) is 10.0 Å². The summed E-state index contributed by atoms with van der Waals surface area (Å²) in [5.41, 5.74) is 0.912. The average Bonchev–Trinajstić information content (AvgIpc) is 3.04. The van der Waals surface area contributed by atoms with Gasteiger partial charge in [0.1, 0.15) is 5.75 Å². The molecule has 5 aromatic carbocycles. The molecule has 5 aromatic rings. The zero-order valence-electron chi connectivity index (χ0n) is 22.9. The monoisotopic (exact) mass is 656 g/mol. The molecule has 218 valence electrons. The summed E-state index contributed by atoms with van der Waals surface area (Å²) >= 11 is 18.9. The van der Waals surface area contributed by atoms with Gasteiger partial charge in [0.25, 0.3) is 11.6 Å². The number of halogens is 2. The van der Waals surface area contributed by atoms with E-state index in [9.17, 15) is 14.9 Å². The van der Waals surface area contributed by atoms with Crippen LogP contribution >= 0.6 is 42.3 Å². The Bertz CT molecular complexity index is 1880. The van der Waals surface area contributed by atoms with Gasteiger partial charge in [0, 0.05) is 34.4 Å². The van der Waals surface area contributed by atoms with Gasteiger partial charge in [-0.05, 0) is 53.2 Å². The largest absolute Gasteiger partial charge is 0.444 e. The van der Waals surface area contributed by atoms with Gasteiger partial charge in [-0.1, -0.05) is 114 Å². The van der Waals surface area contributed by atoms with E-state index >= 15 is 0 Å². The number of hydrogen-bond acceptors (Lipinski definition) is 5. The number of carbonyl (C=O) groups excluding carboxylic acids is 1. The van der Waals surface area contributed by atoms with Crippen molar-refractivity contribution < 1.29 is 14.5 Å². The van der Waals surface area contributed by atoms with Crippen LogP contribution in [0.4, 0.5) is 11.4 Å². The third-order valence-electron chi connectivity index (χ3n) is 7.41. The first-order valence-corrected chi connectivity index (χ1v) is 16.5. The van der Waals surface area contributed by atoms with Gasteiger partial charge in [-0.2, -0.15) is 0 Å². The summed E-state index contributed by atoms with van der Waals surface area (Å²) in [6.07, 6.45) is 0.403. The molecule has 0 fully saturated rings. The van der Waals surface area contributed by atoms with Gasteiger partial charge in [-0.25, -0.2) is 0 Å². The number of ether oxygens (including phenoxy) is 1. The molecule has 0 spiro atoms. The summed E-state index contributed by atoms with van der Waals surface area (Å²) in [5.74, 6) is -0.230. The molecule has 0 bridgehead atoms. The number of hydrogen-bond donors (Lipinski definition) is 1. The minimum Gasteiger partial charge on any atom is -0.444 e. The Hall–Kier alpha value is -4.26. The average molecular weight is 658 g/mol. The molecule has 1 heterocycles. The van der Waals surface area contributed by atoms with Crippen LogP contribution in [0.3, 0.4) is 0 Å². The topological polar surface area (TPSA) is 81.5 Å². The number of nitro benzene ring substituents is 1. The van der Waals surface area contributed by atoms with Crippen molar-refractivity contribution >= 4 is 85.8 Å². The maximum Gasteiger partial charge on any atom is 0.271 e. The first-order chi connectivity index (χ1) is 21.3. The number of thiocarbonyl (C=S) groups is 1. The zero-order chi connectivity index (χ0) is 30.8. The lowest BCUT2D eigenvalue weighted by Crippen LogP contribution is -2.38. The fourth-order valence-electron chi connectivity index (χ4n) is 5.51. The maximum absolute atomic E-state index is 13.6. The van der Waals surface area contributed by atoms with E-state index in [2.05, 4.69) is 41.7 Å². The van der Waals surface area contributed by atoms with E-state index in [-0.39, 0.29) is 22.0 Å². The van der Waals surface area contributed by atoms with Crippen LogP contribution in [0.1, 0.15) is 15.9 Å². The van der Waals surface area contributed by atoms with Gasteiger partial charge >= 0.3 is 0 Å². The molecule has 1 aliphatic rings. The van der Waals surface area contributed by atoms with Crippen LogP contribution in [0.5, 0.6) is 5.75 Å². The third kappa shape index (κ3) is 5.44. The fourth-order valence-corrected chi connectivity index (χ4v) is 11.0. The van der Waals surface area contributed by atoms with Crippen molar-refractivity contribution in [3.8, 4) is 5.75 Å². The predicted molar refractivity (Wildman–Crippen MR) is 185 cm³/mol. The summed E-state index contributed by atoms with van der Waals surface area (Å²) in [6.45, 7) is -2.53. The van der Waals surface area contributed by atoms with E-state index < -0.39 is 17.7 Å². The van der Waals surface area contributed by atoms with E-state index in [1.54, 1.807) is 6.07 Å². The second-order valence-corrected chi connectivity index (χ2v) is 14.7. The van der Waals surface area contributed by atoms with Crippen LogP contribution in [0.25, 0.3) is 0 Å². The second-order valence-electron chi connectivity index (χ2n) is 10.0. The van der Waals surface area contributed by atoms with Gasteiger partial charge < -0.3 is 10.1 Å². The second kappa shape index (κ2) is 12.4. The molecular weight excluding hydrogens is 634 g/mol. The Morgan fingerprint density at radius 2 is 1.36 bits per heavy atom. The van der Waals surface area contributed by atoms with Gasteiger partial charge in [-0.3, -0.25) is 14.9 Å². The Morgan fingerprint density at radius 1 is 0.818 bits per heavy atom. The highest BCUT2D eigenvalue weighted by molar-refractivity contribution is 7.98. The van der Waals surface area contributed by atoms with Gasteiger partial charge in [0.15, 0.2) is 5.05 Å². The summed E-state index contributed by atoms with van der Waals surface area (Å²) in [7, 11) is 0. The maximum atomic E-state index is 13.6. The normalized spacial score (nSPS) is 12.7. The van der Waals surface area contributed by atoms with Gasteiger partial charge in [-0.15, -0.1) is 0 Å². The summed E-state index contributed by atoms with van der Waals surface area (Å²) in [4.78, 5) is 24.1. The van der Waals surface area contributed by atoms with E-state index in [0.29, 0.717) is 27.8 Å². The molecule has 6 rings (SSSR count). The number of amides is 1. The van der Waals surface area contributed by atoms with Gasteiger partial charge in [0.05, 0.1) is 21.2 Å². The molecule has 1 amide bonds. The number of nitrogens with one attached hydrogen (secondary N) is 1. The molecule has 6 nitrogen and oxygen atoms in total. The van der Waals surface area contributed by atoms with Crippen molar-refractivity contribution in [3.63, 3.8) is 0 Å². The SMILES string of the molecule is O=C(Nc1ccc([N+](=O)[O-])cc1Cl)c1cc(Cl)cc2c1OC(=S)C(=P(c1ccccc1)(c1ccccc1)c1ccccc1)C2. The first kappa shape index (κ1) is 29.8. The number of nitrogens with zero attached hydrogens (tertiary/aromatic N) is 1. The summed E-state index contributed by atoms with van der Waals surface area (Å²) < 4.78 is 6.42. The Morgan fingerprint density at radius 3 is 1.86 bits per heavy atom. The van der Waals surface area contributed by atoms with Crippen LogP contribution < -0.4 is 26.0 Å². The van der Waals surface area contributed by atoms with Crippen LogP contribution in [-0.4, -0.2) is 21.2 Å². The summed E-state index contributed by atoms with van der Waals surface area (Å²) in [6, 6.07) is 38.0. The van der Waals surface area contributed by atoms with E-state index in [0.717, 1.165) is 21.2 Å². The Balaban J connectivity index is 1.54. The Labute approximate surface area is 269 Å². The van der Waals surface area contributed by atoms with Crippen LogP contribution in [0.15, 0.2) is 121 Å². The smallest absolute Gasteiger partial charge is 0.271 e. The van der Waals surface area contributed by atoms with Crippen LogP contribution in [0, 0.1) is 10.1 Å². The lowest BCUT2D eigenvalue weighted by atomic mass is 10.0. The number of nitro groups is 1. The molecule has 10 heteroatoms. The highest BCUT2D eigenvalue weighted by Gasteiger charge is 2.36. The minimum absolute atomic E-state index is 0.0265. The molecule has 0 saturated heterocycles. The third-order valence-corrected chi connectivity index (χ3v) is 12.8. The number of fused-ring (bicyclic) bond motifs is 1. The van der Waals surface area contributed by atoms with Crippen molar-refractivity contribution in [3.05, 3.63) is 153 Å². The minimum atomic E-state index is -2.53. The zero-order valence-corrected chi connectivity index (χ0v) is 26.2. The number of non-ortho nitro benzene ring substituents is 1. The highest BCUT2D eigenvalue weighted by atomic mass is 35.5. The molecule has 0 unspecified atom stereocenters. The fraction of sp³-hybridized carbons (Fsp3) is 0.0294. The molecule has 0 saturated carbocycles. The highest BCUT2D eigenvalue weighted by Crippen LogP contribution is 2.49. The lowest BCUT2D eigenvalue weighted by molar-refractivity contribution is -0.384. The number of carbonyl (C=O) groups is 1. The molecule has 0 aliphatic carbocycles. The van der Waals surface area contributed by atoms with Crippen molar-refractivity contribution in [1.82, 2.24) is 0 Å². The van der Waals surface area contributed by atoms with E-state index in [1.807, 2.05) is 54.6 Å². The lowest BCUT2D eigenvalue weighted by Gasteiger charge is -2.35. The molecule has 1 N–H and O–H groups in total. The number of benzene rings is 5. The quantitative estimate of drug-likeness (QED) is 0.0882. The number of anilines is 1. The van der Waals surface area contributed by atoms with Crippen molar-refractivity contribution in [2.45, 2.75) is 6.42 Å². The predicted octanol–water partition coefficient (Wildman–Crippen LogP) is 7.58. The standard InChI is InChI=1S/C34H23Cl2N2O4PS/c35-23-18-22-19-31(34(44)42-32(22)28(20-23)33(39)37-30-17-16-24(38(40)41)21-29(30)36)43(25-10-4-1-5-11-25,26-12-6-2-7-13-26)27-14-8-3-9-15-27/h1-18,20-21H,19H2,(H,37,39). The van der Waals surface area contributed by atoms with Gasteiger partial charge in [0.2, 0.25) is 0 Å². The summed E-state index contributed by atoms with van der Waals surface area (Å²) in [5, 5.41) is 18.8. The molecule has 0 aromatic heterocycles.